The van der Waals surface area contributed by atoms with Gasteiger partial charge in [-0.1, -0.05) is 22.0 Å². The molecule has 1 nitrogen and oxygen atoms in total. The van der Waals surface area contributed by atoms with Crippen molar-refractivity contribution >= 4 is 45.6 Å². The average molecular weight is 382 g/mol. The predicted molar refractivity (Wildman–Crippen MR) is 103 cm³/mol. The smallest absolute Gasteiger partial charge is 0.0464 e. The van der Waals surface area contributed by atoms with Gasteiger partial charge in [-0.25, -0.2) is 0 Å². The van der Waals surface area contributed by atoms with Crippen LogP contribution in [0.3, 0.4) is 0 Å². The van der Waals surface area contributed by atoms with Crippen LogP contribution in [0.15, 0.2) is 76.1 Å². The molecule has 0 atom stereocenters. The van der Waals surface area contributed by atoms with Crippen LogP contribution in [0.25, 0.3) is 0 Å². The number of aryl methyl sites for hydroxylation is 2. The Balaban J connectivity index is 1.83. The summed E-state index contributed by atoms with van der Waals surface area (Å²) >= 11 is 7.92. The van der Waals surface area contributed by atoms with Gasteiger partial charge in [-0.15, -0.1) is 12.6 Å². The van der Waals surface area contributed by atoms with E-state index < -0.39 is 0 Å². The van der Waals surface area contributed by atoms with Crippen molar-refractivity contribution in [1.82, 2.24) is 0 Å². The van der Waals surface area contributed by atoms with Crippen molar-refractivity contribution in [3.63, 3.8) is 0 Å². The fourth-order valence-corrected chi connectivity index (χ4v) is 3.37. The molecule has 0 N–H and O–H groups in total. The quantitative estimate of drug-likeness (QED) is 0.520. The summed E-state index contributed by atoms with van der Waals surface area (Å²) in [5.41, 5.74) is 6.45. The normalized spacial score (nSPS) is 12.4. The maximum Gasteiger partial charge on any atom is 0.0464 e. The molecule has 0 fully saturated rings. The van der Waals surface area contributed by atoms with Gasteiger partial charge in [-0.2, -0.15) is 0 Å². The zero-order valence-electron chi connectivity index (χ0n) is 12.5. The van der Waals surface area contributed by atoms with Crippen molar-refractivity contribution in [2.75, 3.05) is 4.90 Å². The third-order valence-electron chi connectivity index (χ3n) is 4.30. The molecule has 1 aliphatic carbocycles. The Bertz CT molecular complexity index is 795. The highest BCUT2D eigenvalue weighted by molar-refractivity contribution is 9.10. The molecule has 1 aliphatic rings. The van der Waals surface area contributed by atoms with Crippen LogP contribution in [-0.2, 0) is 12.8 Å². The van der Waals surface area contributed by atoms with E-state index in [0.29, 0.717) is 0 Å². The lowest BCUT2D eigenvalue weighted by atomic mass is 9.88. The van der Waals surface area contributed by atoms with Crippen molar-refractivity contribution in [3.8, 4) is 0 Å². The molecule has 0 unspecified atom stereocenters. The summed E-state index contributed by atoms with van der Waals surface area (Å²) in [4.78, 5) is 3.26. The number of nitrogens with zero attached hydrogens (tertiary/aromatic N) is 1. The lowest BCUT2D eigenvalue weighted by Crippen LogP contribution is -2.13. The van der Waals surface area contributed by atoms with E-state index >= 15 is 0 Å². The second-order valence-corrected chi connectivity index (χ2v) is 7.21. The number of anilines is 3. The molecule has 23 heavy (non-hydrogen) atoms. The van der Waals surface area contributed by atoms with Crippen molar-refractivity contribution in [1.29, 1.82) is 0 Å². The molecule has 4 rings (SSSR count). The number of fused-ring (bicyclic) bond motifs is 1. The zero-order valence-corrected chi connectivity index (χ0v) is 15.0. The summed E-state index contributed by atoms with van der Waals surface area (Å²) in [6.07, 6.45) is 2.40. The van der Waals surface area contributed by atoms with Crippen LogP contribution in [0.4, 0.5) is 17.1 Å². The molecule has 0 saturated heterocycles. The topological polar surface area (TPSA) is 3.24 Å². The van der Waals surface area contributed by atoms with Crippen molar-refractivity contribution in [2.45, 2.75) is 17.7 Å². The monoisotopic (exact) mass is 381 g/mol. The molecule has 0 amide bonds. The van der Waals surface area contributed by atoms with Gasteiger partial charge in [0.2, 0.25) is 0 Å². The Hall–Kier alpha value is -1.71. The van der Waals surface area contributed by atoms with Gasteiger partial charge < -0.3 is 4.90 Å². The molecular weight excluding hydrogens is 366 g/mol. The third-order valence-corrected chi connectivity index (χ3v) is 5.13. The van der Waals surface area contributed by atoms with E-state index in [0.717, 1.165) is 20.7 Å². The minimum atomic E-state index is 0.974. The van der Waals surface area contributed by atoms with Gasteiger partial charge in [0.1, 0.15) is 0 Å². The Morgan fingerprint density at radius 2 is 1.26 bits per heavy atom. The van der Waals surface area contributed by atoms with Crippen molar-refractivity contribution in [2.24, 2.45) is 0 Å². The van der Waals surface area contributed by atoms with Crippen LogP contribution in [0.2, 0.25) is 0 Å². The molecular formula is C20H16BrNS. The fourth-order valence-electron chi connectivity index (χ4n) is 2.96. The van der Waals surface area contributed by atoms with Crippen molar-refractivity contribution < 1.29 is 0 Å². The van der Waals surface area contributed by atoms with Gasteiger partial charge in [0.25, 0.3) is 0 Å². The Labute approximate surface area is 150 Å². The first-order valence-electron chi connectivity index (χ1n) is 7.67. The Morgan fingerprint density at radius 1 is 0.696 bits per heavy atom. The number of benzene rings is 3. The summed E-state index contributed by atoms with van der Waals surface area (Å²) in [6, 6.07) is 23.5. The minimum absolute atomic E-state index is 0.974. The maximum atomic E-state index is 4.40. The number of rotatable bonds is 3. The van der Waals surface area contributed by atoms with E-state index in [1.807, 2.05) is 12.1 Å². The van der Waals surface area contributed by atoms with E-state index in [-0.39, 0.29) is 0 Å². The number of thiol groups is 1. The summed E-state index contributed by atoms with van der Waals surface area (Å²) in [5.74, 6) is 0. The molecule has 0 bridgehead atoms. The number of hydrogen-bond acceptors (Lipinski definition) is 2. The molecule has 0 aliphatic heterocycles. The summed E-state index contributed by atoms with van der Waals surface area (Å²) in [7, 11) is 0. The average Bonchev–Trinajstić information content (AvgIpc) is 2.53. The van der Waals surface area contributed by atoms with Crippen molar-refractivity contribution in [3.05, 3.63) is 82.3 Å². The largest absolute Gasteiger partial charge is 0.310 e. The second-order valence-electron chi connectivity index (χ2n) is 5.78. The molecule has 0 aromatic heterocycles. The molecule has 0 spiro atoms. The maximum absolute atomic E-state index is 4.40. The highest BCUT2D eigenvalue weighted by Gasteiger charge is 2.17. The highest BCUT2D eigenvalue weighted by atomic mass is 79.9. The van der Waals surface area contributed by atoms with Crippen LogP contribution in [0, 0.1) is 0 Å². The Morgan fingerprint density at radius 3 is 1.83 bits per heavy atom. The molecule has 3 aromatic carbocycles. The molecule has 3 aromatic rings. The van der Waals surface area contributed by atoms with Gasteiger partial charge in [0, 0.05) is 26.4 Å². The summed E-state index contributed by atoms with van der Waals surface area (Å²) in [6.45, 7) is 0. The first-order valence-corrected chi connectivity index (χ1v) is 8.91. The lowest BCUT2D eigenvalue weighted by Gasteiger charge is -2.28. The molecule has 0 saturated carbocycles. The third kappa shape index (κ3) is 2.91. The lowest BCUT2D eigenvalue weighted by molar-refractivity contribution is 0.839. The molecule has 3 heteroatoms. The first kappa shape index (κ1) is 14.9. The van der Waals surface area contributed by atoms with Gasteiger partial charge in [0.15, 0.2) is 0 Å². The van der Waals surface area contributed by atoms with Crippen LogP contribution < -0.4 is 4.90 Å². The van der Waals surface area contributed by atoms with Crippen LogP contribution in [0.5, 0.6) is 0 Å². The zero-order chi connectivity index (χ0) is 15.8. The van der Waals surface area contributed by atoms with E-state index in [1.165, 1.54) is 29.7 Å². The summed E-state index contributed by atoms with van der Waals surface area (Å²) in [5, 5.41) is 0. The fraction of sp³-hybridized carbons (Fsp3) is 0.100. The van der Waals surface area contributed by atoms with Gasteiger partial charge >= 0.3 is 0 Å². The van der Waals surface area contributed by atoms with E-state index in [1.54, 1.807) is 0 Å². The highest BCUT2D eigenvalue weighted by Crippen LogP contribution is 2.37. The van der Waals surface area contributed by atoms with Crippen LogP contribution in [0.1, 0.15) is 11.1 Å². The summed E-state index contributed by atoms with van der Waals surface area (Å²) < 4.78 is 1.09. The van der Waals surface area contributed by atoms with Gasteiger partial charge in [-0.3, -0.25) is 0 Å². The molecule has 0 heterocycles. The van der Waals surface area contributed by atoms with Gasteiger partial charge in [-0.05, 0) is 84.6 Å². The van der Waals surface area contributed by atoms with Gasteiger partial charge in [0.05, 0.1) is 0 Å². The minimum Gasteiger partial charge on any atom is -0.310 e. The van der Waals surface area contributed by atoms with E-state index in [9.17, 15) is 0 Å². The standard InChI is InChI=1S/C20H16BrNS/c21-16-4-7-17(8-5-16)22(18-9-11-20(23)12-10-18)19-6-3-14-1-2-15(14)13-19/h3-13,23H,1-2H2. The SMILES string of the molecule is Sc1ccc(N(c2ccc(Br)cc2)c2ccc3c(c2)CC3)cc1. The second kappa shape index (κ2) is 6.06. The predicted octanol–water partition coefficient (Wildman–Crippen LogP) is 6.31. The van der Waals surface area contributed by atoms with E-state index in [2.05, 4.69) is 88.1 Å². The molecule has 0 radical (unpaired) electrons. The first-order chi connectivity index (χ1) is 11.2. The molecule has 114 valence electrons. The van der Waals surface area contributed by atoms with Crippen LogP contribution in [-0.4, -0.2) is 0 Å². The number of hydrogen-bond donors (Lipinski definition) is 1. The van der Waals surface area contributed by atoms with E-state index in [4.69, 9.17) is 0 Å². The number of halogens is 1. The van der Waals surface area contributed by atoms with Crippen LogP contribution >= 0.6 is 28.6 Å². The Kier molecular flexibility index (Phi) is 3.92.